The Morgan fingerprint density at radius 3 is 2.60 bits per heavy atom. The Morgan fingerprint density at radius 2 is 2.00 bits per heavy atom. The van der Waals surface area contributed by atoms with E-state index in [9.17, 15) is 0 Å². The Hall–Kier alpha value is -1.39. The molecule has 0 aromatic carbocycles. The van der Waals surface area contributed by atoms with E-state index in [-0.39, 0.29) is 0 Å². The third-order valence-corrected chi connectivity index (χ3v) is 4.02. The van der Waals surface area contributed by atoms with Gasteiger partial charge in [0.05, 0.1) is 16.4 Å². The third kappa shape index (κ3) is 3.38. The lowest BCUT2D eigenvalue weighted by Gasteiger charge is -2.17. The maximum Gasteiger partial charge on any atom is 0.0847 e. The van der Waals surface area contributed by atoms with E-state index < -0.39 is 0 Å². The van der Waals surface area contributed by atoms with E-state index in [1.807, 2.05) is 43.2 Å². The van der Waals surface area contributed by atoms with Gasteiger partial charge in [-0.1, -0.05) is 11.6 Å². The molecule has 4 nitrogen and oxygen atoms in total. The molecule has 2 aromatic heterocycles. The van der Waals surface area contributed by atoms with Crippen LogP contribution in [-0.2, 0) is 19.4 Å². The van der Waals surface area contributed by atoms with Crippen LogP contribution >= 0.6 is 11.6 Å². The normalized spacial score (nSPS) is 12.6. The van der Waals surface area contributed by atoms with Gasteiger partial charge in [0, 0.05) is 31.4 Å². The highest BCUT2D eigenvalue weighted by molar-refractivity contribution is 6.31. The molecule has 0 aliphatic rings. The summed E-state index contributed by atoms with van der Waals surface area (Å²) in [7, 11) is 1.99. The van der Waals surface area contributed by atoms with Crippen LogP contribution in [-0.4, -0.2) is 27.9 Å². The minimum Gasteiger partial charge on any atom is -0.316 e. The lowest BCUT2D eigenvalue weighted by Crippen LogP contribution is -2.31. The van der Waals surface area contributed by atoms with Gasteiger partial charge in [0.1, 0.15) is 0 Å². The highest BCUT2D eigenvalue weighted by Crippen LogP contribution is 2.22. The molecule has 0 bridgehead atoms. The molecule has 0 aliphatic carbocycles. The summed E-state index contributed by atoms with van der Waals surface area (Å²) in [5, 5.41) is 8.63. The van der Waals surface area contributed by atoms with Gasteiger partial charge < -0.3 is 5.32 Å². The summed E-state index contributed by atoms with van der Waals surface area (Å²) in [4.78, 5) is 4.05. The molecule has 1 unspecified atom stereocenters. The predicted molar refractivity (Wildman–Crippen MR) is 82.1 cm³/mol. The van der Waals surface area contributed by atoms with Crippen molar-refractivity contribution in [1.82, 2.24) is 20.1 Å². The SMILES string of the molecule is CCn1nc(C)c(Cl)c1CC(Cc1ccncc1)NC. The number of halogens is 1. The van der Waals surface area contributed by atoms with Crippen LogP contribution < -0.4 is 5.32 Å². The molecule has 0 saturated carbocycles. The number of nitrogens with zero attached hydrogens (tertiary/aromatic N) is 3. The number of likely N-dealkylation sites (N-methyl/N-ethyl adjacent to an activating group) is 1. The molecular formula is C15H21ClN4. The van der Waals surface area contributed by atoms with Gasteiger partial charge in [0.2, 0.25) is 0 Å². The molecule has 2 rings (SSSR count). The fourth-order valence-corrected chi connectivity index (χ4v) is 2.59. The molecule has 0 fully saturated rings. The highest BCUT2D eigenvalue weighted by Gasteiger charge is 2.17. The van der Waals surface area contributed by atoms with Crippen LogP contribution in [0.25, 0.3) is 0 Å². The van der Waals surface area contributed by atoms with Crippen molar-refractivity contribution in [3.8, 4) is 0 Å². The van der Waals surface area contributed by atoms with Gasteiger partial charge >= 0.3 is 0 Å². The second-order valence-electron chi connectivity index (χ2n) is 4.91. The molecule has 20 heavy (non-hydrogen) atoms. The Labute approximate surface area is 125 Å². The first kappa shape index (κ1) is 15.0. The van der Waals surface area contributed by atoms with Crippen LogP contribution in [0.5, 0.6) is 0 Å². The first-order chi connectivity index (χ1) is 9.65. The Kier molecular flexibility index (Phi) is 5.15. The molecular weight excluding hydrogens is 272 g/mol. The summed E-state index contributed by atoms with van der Waals surface area (Å²) in [6.45, 7) is 4.88. The Bertz CT molecular complexity index is 551. The number of pyridine rings is 1. The second kappa shape index (κ2) is 6.86. The lowest BCUT2D eigenvalue weighted by molar-refractivity contribution is 0.520. The van der Waals surface area contributed by atoms with Gasteiger partial charge in [-0.15, -0.1) is 0 Å². The van der Waals surface area contributed by atoms with E-state index >= 15 is 0 Å². The number of hydrogen-bond donors (Lipinski definition) is 1. The smallest absolute Gasteiger partial charge is 0.0847 e. The number of aryl methyl sites for hydroxylation is 2. The number of hydrogen-bond acceptors (Lipinski definition) is 3. The van der Waals surface area contributed by atoms with Crippen LogP contribution in [0.2, 0.25) is 5.02 Å². The molecule has 5 heteroatoms. The first-order valence-corrected chi connectivity index (χ1v) is 7.31. The predicted octanol–water partition coefficient (Wildman–Crippen LogP) is 2.63. The highest BCUT2D eigenvalue weighted by atomic mass is 35.5. The van der Waals surface area contributed by atoms with Gasteiger partial charge in [-0.2, -0.15) is 5.10 Å². The summed E-state index contributed by atoms with van der Waals surface area (Å²) in [6, 6.07) is 4.43. The zero-order chi connectivity index (χ0) is 14.5. The van der Waals surface area contributed by atoms with Crippen molar-refractivity contribution >= 4 is 11.6 Å². The van der Waals surface area contributed by atoms with Crippen molar-refractivity contribution in [3.05, 3.63) is 46.5 Å². The number of nitrogens with one attached hydrogen (secondary N) is 1. The maximum atomic E-state index is 6.38. The molecule has 1 N–H and O–H groups in total. The molecule has 1 atom stereocenters. The molecule has 108 valence electrons. The van der Waals surface area contributed by atoms with Crippen molar-refractivity contribution in [2.24, 2.45) is 0 Å². The minimum absolute atomic E-state index is 0.330. The number of aromatic nitrogens is 3. The van der Waals surface area contributed by atoms with Crippen LogP contribution in [0.3, 0.4) is 0 Å². The topological polar surface area (TPSA) is 42.7 Å². The van der Waals surface area contributed by atoms with E-state index in [0.29, 0.717) is 6.04 Å². The molecule has 2 heterocycles. The fourth-order valence-electron chi connectivity index (χ4n) is 2.38. The Balaban J connectivity index is 2.14. The van der Waals surface area contributed by atoms with E-state index in [1.54, 1.807) is 0 Å². The maximum absolute atomic E-state index is 6.38. The van der Waals surface area contributed by atoms with Crippen molar-refractivity contribution in [1.29, 1.82) is 0 Å². The summed E-state index contributed by atoms with van der Waals surface area (Å²) < 4.78 is 1.99. The first-order valence-electron chi connectivity index (χ1n) is 6.93. The summed E-state index contributed by atoms with van der Waals surface area (Å²) in [6.07, 6.45) is 5.47. The standard InChI is InChI=1S/C15H21ClN4/c1-4-20-14(15(16)11(2)19-20)10-13(17-3)9-12-5-7-18-8-6-12/h5-8,13,17H,4,9-10H2,1-3H3. The van der Waals surface area contributed by atoms with Gasteiger partial charge in [0.25, 0.3) is 0 Å². The van der Waals surface area contributed by atoms with Gasteiger partial charge in [-0.3, -0.25) is 9.67 Å². The van der Waals surface area contributed by atoms with E-state index in [1.165, 1.54) is 5.56 Å². The molecule has 0 amide bonds. The van der Waals surface area contributed by atoms with Crippen LogP contribution in [0.1, 0.15) is 23.9 Å². The average Bonchev–Trinajstić information content (AvgIpc) is 2.75. The average molecular weight is 293 g/mol. The van der Waals surface area contributed by atoms with Gasteiger partial charge in [-0.05, 0) is 45.0 Å². The second-order valence-corrected chi connectivity index (χ2v) is 5.29. The van der Waals surface area contributed by atoms with E-state index in [0.717, 1.165) is 35.8 Å². The van der Waals surface area contributed by atoms with Crippen LogP contribution in [0, 0.1) is 6.92 Å². The summed E-state index contributed by atoms with van der Waals surface area (Å²) in [5.41, 5.74) is 3.29. The molecule has 0 aliphatic heterocycles. The van der Waals surface area contributed by atoms with Crippen molar-refractivity contribution in [2.75, 3.05) is 7.05 Å². The van der Waals surface area contributed by atoms with E-state index in [2.05, 4.69) is 22.3 Å². The molecule has 2 aromatic rings. The number of rotatable bonds is 6. The van der Waals surface area contributed by atoms with Crippen LogP contribution in [0.15, 0.2) is 24.5 Å². The monoisotopic (exact) mass is 292 g/mol. The molecule has 0 radical (unpaired) electrons. The third-order valence-electron chi connectivity index (χ3n) is 3.53. The van der Waals surface area contributed by atoms with E-state index in [4.69, 9.17) is 11.6 Å². The molecule has 0 saturated heterocycles. The van der Waals surface area contributed by atoms with Gasteiger partial charge in [0.15, 0.2) is 0 Å². The largest absolute Gasteiger partial charge is 0.316 e. The van der Waals surface area contributed by atoms with Crippen molar-refractivity contribution < 1.29 is 0 Å². The fraction of sp³-hybridized carbons (Fsp3) is 0.467. The quantitative estimate of drug-likeness (QED) is 0.890. The molecule has 0 spiro atoms. The summed E-state index contributed by atoms with van der Waals surface area (Å²) >= 11 is 6.38. The summed E-state index contributed by atoms with van der Waals surface area (Å²) in [5.74, 6) is 0. The zero-order valence-electron chi connectivity index (χ0n) is 12.2. The Morgan fingerprint density at radius 1 is 1.30 bits per heavy atom. The van der Waals surface area contributed by atoms with Crippen LogP contribution in [0.4, 0.5) is 0 Å². The zero-order valence-corrected chi connectivity index (χ0v) is 13.0. The van der Waals surface area contributed by atoms with Crippen molar-refractivity contribution in [2.45, 2.75) is 39.3 Å². The lowest BCUT2D eigenvalue weighted by atomic mass is 10.0. The minimum atomic E-state index is 0.330. The van der Waals surface area contributed by atoms with Crippen molar-refractivity contribution in [3.63, 3.8) is 0 Å². The van der Waals surface area contributed by atoms with Gasteiger partial charge in [-0.25, -0.2) is 0 Å².